The van der Waals surface area contributed by atoms with E-state index in [2.05, 4.69) is 0 Å². The van der Waals surface area contributed by atoms with Gasteiger partial charge >= 0.3 is 23.9 Å². The van der Waals surface area contributed by atoms with Crippen molar-refractivity contribution in [1.29, 1.82) is 0 Å². The van der Waals surface area contributed by atoms with E-state index in [-0.39, 0.29) is 24.0 Å². The Balaban J connectivity index is 3.02. The molecule has 0 saturated carbocycles. The van der Waals surface area contributed by atoms with E-state index in [1.807, 2.05) is 0 Å². The zero-order valence-corrected chi connectivity index (χ0v) is 14.6. The van der Waals surface area contributed by atoms with Crippen molar-refractivity contribution in [3.8, 4) is 0 Å². The van der Waals surface area contributed by atoms with Gasteiger partial charge in [0.15, 0.2) is 12.2 Å². The highest BCUT2D eigenvalue weighted by Gasteiger charge is 2.28. The Morgan fingerprint density at radius 3 is 1.42 bits per heavy atom. The van der Waals surface area contributed by atoms with Gasteiger partial charge in [-0.3, -0.25) is 0 Å². The van der Waals surface area contributed by atoms with Gasteiger partial charge in [-0.25, -0.2) is 19.2 Å². The molecule has 0 aliphatic carbocycles. The van der Waals surface area contributed by atoms with Crippen LogP contribution in [0.3, 0.4) is 0 Å². The number of carboxylic acid groups (broad SMARTS) is 2. The van der Waals surface area contributed by atoms with Crippen molar-refractivity contribution in [1.82, 2.24) is 0 Å². The first kappa shape index (κ1) is 21.1. The molecule has 1 aromatic rings. The smallest absolute Gasteiger partial charge is 0.345 e. The highest BCUT2D eigenvalue weighted by atomic mass is 16.6. The molecule has 26 heavy (non-hydrogen) atoms. The second kappa shape index (κ2) is 10.2. The van der Waals surface area contributed by atoms with E-state index < -0.39 is 36.1 Å². The maximum atomic E-state index is 12.3. The lowest BCUT2D eigenvalue weighted by molar-refractivity contribution is -0.148. The van der Waals surface area contributed by atoms with Crippen LogP contribution in [0.15, 0.2) is 24.3 Å². The van der Waals surface area contributed by atoms with Gasteiger partial charge in [-0.05, 0) is 25.0 Å². The van der Waals surface area contributed by atoms with E-state index in [9.17, 15) is 19.2 Å². The van der Waals surface area contributed by atoms with Crippen molar-refractivity contribution in [3.63, 3.8) is 0 Å². The maximum absolute atomic E-state index is 12.3. The summed E-state index contributed by atoms with van der Waals surface area (Å²) in [5.41, 5.74) is -0.360. The Bertz CT molecular complexity index is 610. The molecule has 8 heteroatoms. The van der Waals surface area contributed by atoms with Crippen LogP contribution in [-0.2, 0) is 19.1 Å². The number of carbonyl (C=O) groups is 4. The third kappa shape index (κ3) is 5.87. The zero-order valence-electron chi connectivity index (χ0n) is 14.6. The fourth-order valence-corrected chi connectivity index (χ4v) is 2.21. The first-order valence-corrected chi connectivity index (χ1v) is 8.28. The second-order valence-corrected chi connectivity index (χ2v) is 5.59. The highest BCUT2D eigenvalue weighted by molar-refractivity contribution is 6.04. The van der Waals surface area contributed by atoms with E-state index >= 15 is 0 Å². The first-order chi connectivity index (χ1) is 12.3. The molecule has 0 radical (unpaired) electrons. The number of esters is 2. The Hall–Kier alpha value is -2.90. The summed E-state index contributed by atoms with van der Waals surface area (Å²) in [6.07, 6.45) is -1.42. The minimum absolute atomic E-state index is 0.130. The van der Waals surface area contributed by atoms with Gasteiger partial charge in [-0.1, -0.05) is 38.8 Å². The average molecular weight is 366 g/mol. The first-order valence-electron chi connectivity index (χ1n) is 8.28. The molecule has 0 heterocycles. The van der Waals surface area contributed by atoms with Crippen LogP contribution < -0.4 is 0 Å². The molecule has 0 fully saturated rings. The Kier molecular flexibility index (Phi) is 8.27. The fraction of sp³-hybridized carbons (Fsp3) is 0.444. The van der Waals surface area contributed by atoms with Crippen LogP contribution in [0.5, 0.6) is 0 Å². The van der Waals surface area contributed by atoms with Gasteiger partial charge in [-0.2, -0.15) is 0 Å². The largest absolute Gasteiger partial charge is 0.479 e. The van der Waals surface area contributed by atoms with Crippen LogP contribution in [-0.4, -0.2) is 46.3 Å². The van der Waals surface area contributed by atoms with Crippen molar-refractivity contribution in [2.75, 3.05) is 0 Å². The van der Waals surface area contributed by atoms with E-state index in [1.54, 1.807) is 13.8 Å². The summed E-state index contributed by atoms with van der Waals surface area (Å²) in [4.78, 5) is 46.9. The normalized spacial score (nSPS) is 12.7. The van der Waals surface area contributed by atoms with Gasteiger partial charge in [0.25, 0.3) is 0 Å². The predicted molar refractivity (Wildman–Crippen MR) is 89.9 cm³/mol. The summed E-state index contributed by atoms with van der Waals surface area (Å²) in [6, 6.07) is 5.53. The van der Waals surface area contributed by atoms with E-state index in [4.69, 9.17) is 19.7 Å². The third-order valence-electron chi connectivity index (χ3n) is 3.52. The summed E-state index contributed by atoms with van der Waals surface area (Å²) in [5.74, 6) is -4.54. The topological polar surface area (TPSA) is 127 Å². The standard InChI is InChI=1S/C18H22O8/c1-3-7-13(15(19)20)25-17(23)11-9-5-6-10-12(11)18(24)26-14(8-4-2)16(21)22/h5-6,9-10,13-14H,3-4,7-8H2,1-2H3,(H,19,20)(H,21,22). The van der Waals surface area contributed by atoms with Crippen molar-refractivity contribution in [2.24, 2.45) is 0 Å². The van der Waals surface area contributed by atoms with E-state index in [1.165, 1.54) is 24.3 Å². The van der Waals surface area contributed by atoms with Crippen molar-refractivity contribution in [2.45, 2.75) is 51.7 Å². The molecule has 0 bridgehead atoms. The monoisotopic (exact) mass is 366 g/mol. The zero-order chi connectivity index (χ0) is 19.7. The number of rotatable bonds is 10. The summed E-state index contributed by atoms with van der Waals surface area (Å²) >= 11 is 0. The van der Waals surface area contributed by atoms with Gasteiger partial charge in [0.2, 0.25) is 0 Å². The van der Waals surface area contributed by atoms with Gasteiger partial charge in [-0.15, -0.1) is 0 Å². The molecule has 0 aromatic heterocycles. The molecule has 8 nitrogen and oxygen atoms in total. The Morgan fingerprint density at radius 2 is 1.15 bits per heavy atom. The van der Waals surface area contributed by atoms with Gasteiger partial charge in [0.1, 0.15) is 0 Å². The number of carboxylic acids is 2. The number of hydrogen-bond donors (Lipinski definition) is 2. The number of benzene rings is 1. The lowest BCUT2D eigenvalue weighted by Gasteiger charge is -2.16. The van der Waals surface area contributed by atoms with Gasteiger partial charge < -0.3 is 19.7 Å². The maximum Gasteiger partial charge on any atom is 0.345 e. The molecule has 1 rings (SSSR count). The van der Waals surface area contributed by atoms with E-state index in [0.717, 1.165) is 0 Å². The molecule has 142 valence electrons. The summed E-state index contributed by atoms with van der Waals surface area (Å²) < 4.78 is 9.93. The van der Waals surface area contributed by atoms with Crippen LogP contribution in [0.25, 0.3) is 0 Å². The SMILES string of the molecule is CCCC(OC(=O)c1ccccc1C(=O)OC(CCC)C(=O)O)C(=O)O. The van der Waals surface area contributed by atoms with Crippen LogP contribution in [0.1, 0.15) is 60.2 Å². The molecule has 1 aromatic carbocycles. The highest BCUT2D eigenvalue weighted by Crippen LogP contribution is 2.16. The molecule has 0 spiro atoms. The Labute approximate surface area is 150 Å². The van der Waals surface area contributed by atoms with E-state index in [0.29, 0.717) is 12.8 Å². The number of carbonyl (C=O) groups excluding carboxylic acids is 2. The second-order valence-electron chi connectivity index (χ2n) is 5.59. The predicted octanol–water partition coefficient (Wildman–Crippen LogP) is 2.51. The lowest BCUT2D eigenvalue weighted by atomic mass is 10.1. The molecular weight excluding hydrogens is 344 g/mol. The summed E-state index contributed by atoms with van der Waals surface area (Å²) in [6.45, 7) is 3.49. The molecule has 0 saturated heterocycles. The summed E-state index contributed by atoms with van der Waals surface area (Å²) in [7, 11) is 0. The van der Waals surface area contributed by atoms with Crippen molar-refractivity contribution < 1.29 is 38.9 Å². The van der Waals surface area contributed by atoms with Crippen molar-refractivity contribution >= 4 is 23.9 Å². The quantitative estimate of drug-likeness (QED) is 0.605. The third-order valence-corrected chi connectivity index (χ3v) is 3.52. The fourth-order valence-electron chi connectivity index (χ4n) is 2.21. The van der Waals surface area contributed by atoms with Gasteiger partial charge in [0, 0.05) is 0 Å². The lowest BCUT2D eigenvalue weighted by Crippen LogP contribution is -2.29. The minimum atomic E-state index is -1.33. The van der Waals surface area contributed by atoms with Crippen LogP contribution in [0.2, 0.25) is 0 Å². The molecule has 2 unspecified atom stereocenters. The minimum Gasteiger partial charge on any atom is -0.479 e. The molecule has 2 N–H and O–H groups in total. The van der Waals surface area contributed by atoms with Crippen LogP contribution in [0, 0.1) is 0 Å². The average Bonchev–Trinajstić information content (AvgIpc) is 2.60. The molecule has 0 amide bonds. The molecule has 0 aliphatic heterocycles. The van der Waals surface area contributed by atoms with Crippen molar-refractivity contribution in [3.05, 3.63) is 35.4 Å². The molecular formula is C18H22O8. The molecule has 0 aliphatic rings. The number of aliphatic carboxylic acids is 2. The summed E-state index contributed by atoms with van der Waals surface area (Å²) in [5, 5.41) is 18.2. The Morgan fingerprint density at radius 1 is 0.808 bits per heavy atom. The number of hydrogen-bond acceptors (Lipinski definition) is 6. The van der Waals surface area contributed by atoms with Crippen LogP contribution in [0.4, 0.5) is 0 Å². The number of ether oxygens (including phenoxy) is 2. The molecule has 2 atom stereocenters. The van der Waals surface area contributed by atoms with Crippen LogP contribution >= 0.6 is 0 Å². The van der Waals surface area contributed by atoms with Gasteiger partial charge in [0.05, 0.1) is 11.1 Å².